The van der Waals surface area contributed by atoms with Crippen LogP contribution in [0.15, 0.2) is 35.6 Å². The number of thioether (sulfide) groups is 1. The molecule has 1 aromatic carbocycles. The number of hydrogen-bond acceptors (Lipinski definition) is 6. The van der Waals surface area contributed by atoms with E-state index in [0.717, 1.165) is 22.9 Å². The Morgan fingerprint density at radius 1 is 1.14 bits per heavy atom. The lowest BCUT2D eigenvalue weighted by molar-refractivity contribution is -0.157. The lowest BCUT2D eigenvalue weighted by Crippen LogP contribution is -2.26. The van der Waals surface area contributed by atoms with Gasteiger partial charge in [0.05, 0.1) is 25.5 Å². The number of benzene rings is 1. The predicted octanol–water partition coefficient (Wildman–Crippen LogP) is 4.30. The van der Waals surface area contributed by atoms with Gasteiger partial charge in [-0.1, -0.05) is 48.5 Å². The third-order valence-corrected chi connectivity index (χ3v) is 5.40. The summed E-state index contributed by atoms with van der Waals surface area (Å²) in [5, 5.41) is 1.37. The van der Waals surface area contributed by atoms with Crippen molar-refractivity contribution in [1.82, 2.24) is 9.55 Å². The van der Waals surface area contributed by atoms with E-state index >= 15 is 0 Å². The Kier molecular flexibility index (Phi) is 8.86. The summed E-state index contributed by atoms with van der Waals surface area (Å²) in [6.45, 7) is 6.29. The molecule has 0 saturated heterocycles. The molecule has 0 aliphatic rings. The number of hydrogen-bond donors (Lipinski definition) is 0. The Bertz CT molecular complexity index is 791. The Balaban J connectivity index is 2.41. The first-order valence-electron chi connectivity index (χ1n) is 9.28. The van der Waals surface area contributed by atoms with Gasteiger partial charge in [-0.05, 0) is 31.9 Å². The summed E-state index contributed by atoms with van der Waals surface area (Å²) in [7, 11) is 0. The molecule has 0 aliphatic heterocycles. The van der Waals surface area contributed by atoms with Gasteiger partial charge in [0.1, 0.15) is 0 Å². The summed E-state index contributed by atoms with van der Waals surface area (Å²) < 4.78 is 12.1. The lowest BCUT2D eigenvalue weighted by Gasteiger charge is -2.12. The van der Waals surface area contributed by atoms with Gasteiger partial charge >= 0.3 is 11.9 Å². The van der Waals surface area contributed by atoms with Gasteiger partial charge in [-0.3, -0.25) is 9.59 Å². The maximum absolute atomic E-state index is 12.4. The Labute approximate surface area is 174 Å². The van der Waals surface area contributed by atoms with E-state index in [9.17, 15) is 9.59 Å². The first kappa shape index (κ1) is 22.3. The number of halogens is 1. The number of rotatable bonds is 10. The van der Waals surface area contributed by atoms with E-state index in [2.05, 4.69) is 11.9 Å². The molecule has 0 aliphatic carbocycles. The van der Waals surface area contributed by atoms with Crippen LogP contribution < -0.4 is 0 Å². The number of carbonyl (C=O) groups is 2. The minimum Gasteiger partial charge on any atom is -0.465 e. The normalized spacial score (nSPS) is 10.9. The maximum atomic E-state index is 12.4. The lowest BCUT2D eigenvalue weighted by atomic mass is 10.1. The van der Waals surface area contributed by atoms with E-state index in [4.69, 9.17) is 21.1 Å². The van der Waals surface area contributed by atoms with E-state index < -0.39 is 17.9 Å². The zero-order valence-corrected chi connectivity index (χ0v) is 17.9. The van der Waals surface area contributed by atoms with Crippen molar-refractivity contribution < 1.29 is 19.1 Å². The largest absolute Gasteiger partial charge is 0.465 e. The summed E-state index contributed by atoms with van der Waals surface area (Å²) in [5.41, 5.74) is 1.25. The molecule has 0 atom stereocenters. The van der Waals surface area contributed by atoms with E-state index in [-0.39, 0.29) is 13.2 Å². The highest BCUT2D eigenvalue weighted by molar-refractivity contribution is 7.99. The van der Waals surface area contributed by atoms with E-state index in [1.54, 1.807) is 31.8 Å². The molecule has 2 rings (SSSR count). The van der Waals surface area contributed by atoms with Crippen molar-refractivity contribution in [3.63, 3.8) is 0 Å². The van der Waals surface area contributed by atoms with E-state index in [0.29, 0.717) is 17.3 Å². The molecule has 152 valence electrons. The second-order valence-electron chi connectivity index (χ2n) is 5.95. The van der Waals surface area contributed by atoms with Crippen LogP contribution in [0.3, 0.4) is 0 Å². The van der Waals surface area contributed by atoms with Crippen molar-refractivity contribution in [1.29, 1.82) is 0 Å². The summed E-state index contributed by atoms with van der Waals surface area (Å²) >= 11 is 7.86. The molecule has 0 radical (unpaired) electrons. The fraction of sp³-hybridized carbons (Fsp3) is 0.450. The van der Waals surface area contributed by atoms with Gasteiger partial charge in [-0.15, -0.1) is 0 Å². The Morgan fingerprint density at radius 3 is 2.36 bits per heavy atom. The quantitative estimate of drug-likeness (QED) is 0.322. The summed E-state index contributed by atoms with van der Waals surface area (Å²) in [6, 6.07) is 7.55. The molecule has 2 aromatic rings. The van der Waals surface area contributed by atoms with Crippen LogP contribution in [0, 0.1) is 0 Å². The number of ether oxygens (including phenoxy) is 2. The van der Waals surface area contributed by atoms with E-state index in [1.165, 1.54) is 0 Å². The molecular weight excluding hydrogens is 400 g/mol. The monoisotopic (exact) mass is 424 g/mol. The number of nitrogens with zero attached hydrogens (tertiary/aromatic N) is 2. The Hall–Kier alpha value is -1.99. The average molecular weight is 425 g/mol. The fourth-order valence-corrected chi connectivity index (χ4v) is 3.61. The fourth-order valence-electron chi connectivity index (χ4n) is 2.58. The molecule has 6 nitrogen and oxygen atoms in total. The molecule has 0 amide bonds. The molecule has 0 unspecified atom stereocenters. The van der Waals surface area contributed by atoms with Crippen molar-refractivity contribution in [2.75, 3.05) is 19.0 Å². The second kappa shape index (κ2) is 11.1. The van der Waals surface area contributed by atoms with Gasteiger partial charge in [0, 0.05) is 17.0 Å². The third kappa shape index (κ3) is 5.75. The standard InChI is InChI=1S/C20H25ClN2O4S/c1-4-11-28-20-22-16(17(18(24)26-5-2)19(25)27-6-3)13-23(20)12-14-9-7-8-10-15(14)21/h7-10,13,17H,4-6,11-12H2,1-3H3. The SMILES string of the molecule is CCCSc1nc(C(C(=O)OCC)C(=O)OCC)cn1Cc1ccccc1Cl. The van der Waals surface area contributed by atoms with Crippen LogP contribution in [0.1, 0.15) is 44.4 Å². The van der Waals surface area contributed by atoms with Gasteiger partial charge in [0.25, 0.3) is 0 Å². The van der Waals surface area contributed by atoms with Crippen LogP contribution in [0.4, 0.5) is 0 Å². The zero-order valence-electron chi connectivity index (χ0n) is 16.3. The van der Waals surface area contributed by atoms with Gasteiger partial charge in [0.15, 0.2) is 11.1 Å². The number of esters is 2. The molecule has 0 fully saturated rings. The van der Waals surface area contributed by atoms with Crippen molar-refractivity contribution >= 4 is 35.3 Å². The Morgan fingerprint density at radius 2 is 1.79 bits per heavy atom. The van der Waals surface area contributed by atoms with Crippen molar-refractivity contribution in [3.05, 3.63) is 46.7 Å². The second-order valence-corrected chi connectivity index (χ2v) is 7.42. The number of carbonyl (C=O) groups excluding carboxylic acids is 2. The van der Waals surface area contributed by atoms with Crippen molar-refractivity contribution in [2.24, 2.45) is 0 Å². The summed E-state index contributed by atoms with van der Waals surface area (Å²) in [5.74, 6) is -1.65. The number of aromatic nitrogens is 2. The molecule has 0 saturated carbocycles. The van der Waals surface area contributed by atoms with Crippen molar-refractivity contribution in [2.45, 2.75) is 44.8 Å². The smallest absolute Gasteiger partial charge is 0.326 e. The highest BCUT2D eigenvalue weighted by atomic mass is 35.5. The molecule has 1 aromatic heterocycles. The van der Waals surface area contributed by atoms with Gasteiger partial charge in [-0.25, -0.2) is 4.98 Å². The molecule has 0 N–H and O–H groups in total. The molecule has 0 bridgehead atoms. The van der Waals surface area contributed by atoms with Gasteiger partial charge < -0.3 is 14.0 Å². The predicted molar refractivity (Wildman–Crippen MR) is 110 cm³/mol. The van der Waals surface area contributed by atoms with Crippen LogP contribution in [0.2, 0.25) is 5.02 Å². The van der Waals surface area contributed by atoms with Gasteiger partial charge in [0.2, 0.25) is 0 Å². The van der Waals surface area contributed by atoms with Crippen LogP contribution in [-0.4, -0.2) is 40.5 Å². The minimum absolute atomic E-state index is 0.173. The molecule has 1 heterocycles. The van der Waals surface area contributed by atoms with Crippen LogP contribution in [-0.2, 0) is 25.6 Å². The first-order valence-corrected chi connectivity index (χ1v) is 10.6. The van der Waals surface area contributed by atoms with Crippen molar-refractivity contribution in [3.8, 4) is 0 Å². The highest BCUT2D eigenvalue weighted by Gasteiger charge is 2.34. The first-order chi connectivity index (χ1) is 13.5. The average Bonchev–Trinajstić information content (AvgIpc) is 3.04. The van der Waals surface area contributed by atoms with Crippen LogP contribution in [0.5, 0.6) is 0 Å². The zero-order chi connectivity index (χ0) is 20.5. The molecular formula is C20H25ClN2O4S. The summed E-state index contributed by atoms with van der Waals surface area (Å²) in [6.07, 6.45) is 2.68. The molecule has 28 heavy (non-hydrogen) atoms. The van der Waals surface area contributed by atoms with Crippen LogP contribution in [0.25, 0.3) is 0 Å². The van der Waals surface area contributed by atoms with E-state index in [1.807, 2.05) is 28.8 Å². The molecule has 8 heteroatoms. The highest BCUT2D eigenvalue weighted by Crippen LogP contribution is 2.27. The molecule has 0 spiro atoms. The topological polar surface area (TPSA) is 70.4 Å². The van der Waals surface area contributed by atoms with Crippen LogP contribution >= 0.6 is 23.4 Å². The minimum atomic E-state index is -1.20. The number of imidazole rings is 1. The summed E-state index contributed by atoms with van der Waals surface area (Å²) in [4.78, 5) is 29.4. The maximum Gasteiger partial charge on any atom is 0.326 e. The van der Waals surface area contributed by atoms with Gasteiger partial charge in [-0.2, -0.15) is 0 Å². The third-order valence-electron chi connectivity index (χ3n) is 3.83.